The zero-order valence-corrected chi connectivity index (χ0v) is 9.76. The molecule has 6 heteroatoms. The van der Waals surface area contributed by atoms with Crippen LogP contribution in [0.1, 0.15) is 12.7 Å². The number of aliphatic hydroxyl groups is 1. The Bertz CT molecular complexity index is 355. The number of hydrogen-bond donors (Lipinski definition) is 1. The standard InChI is InChI=1S/C9H11Cl2N3O/c1-9(15)4-14(5-9)3-8-12-6(10)2-7(11)13-8/h2,15H,3-5H2,1H3. The maximum Gasteiger partial charge on any atom is 0.145 e. The number of β-amino-alcohol motifs (C(OH)–C–C–N with tert-alkyl or cyclic N) is 1. The number of hydrogen-bond acceptors (Lipinski definition) is 4. The van der Waals surface area contributed by atoms with Crippen LogP contribution in [0.5, 0.6) is 0 Å². The topological polar surface area (TPSA) is 49.2 Å². The van der Waals surface area contributed by atoms with Gasteiger partial charge in [-0.15, -0.1) is 0 Å². The van der Waals surface area contributed by atoms with Crippen molar-refractivity contribution >= 4 is 23.2 Å². The molecule has 1 aliphatic rings. The third-order valence-corrected chi connectivity index (χ3v) is 2.59. The SMILES string of the molecule is CC1(O)CN(Cc2nc(Cl)cc(Cl)n2)C1. The van der Waals surface area contributed by atoms with Gasteiger partial charge in [-0.3, -0.25) is 4.90 Å². The van der Waals surface area contributed by atoms with Gasteiger partial charge < -0.3 is 5.11 Å². The fourth-order valence-electron chi connectivity index (χ4n) is 1.73. The third-order valence-electron chi connectivity index (χ3n) is 2.20. The fraction of sp³-hybridized carbons (Fsp3) is 0.556. The van der Waals surface area contributed by atoms with Crippen LogP contribution < -0.4 is 0 Å². The van der Waals surface area contributed by atoms with E-state index in [1.807, 2.05) is 4.90 Å². The van der Waals surface area contributed by atoms with Crippen LogP contribution in [0.4, 0.5) is 0 Å². The van der Waals surface area contributed by atoms with E-state index >= 15 is 0 Å². The Morgan fingerprint density at radius 1 is 1.40 bits per heavy atom. The molecule has 0 spiro atoms. The molecule has 0 aliphatic carbocycles. The summed E-state index contributed by atoms with van der Waals surface area (Å²) in [5.41, 5.74) is -0.581. The lowest BCUT2D eigenvalue weighted by atomic mass is 9.97. The molecule has 1 N–H and O–H groups in total. The summed E-state index contributed by atoms with van der Waals surface area (Å²) >= 11 is 11.5. The molecule has 0 unspecified atom stereocenters. The van der Waals surface area contributed by atoms with Crippen LogP contribution in [0.3, 0.4) is 0 Å². The summed E-state index contributed by atoms with van der Waals surface area (Å²) in [4.78, 5) is 10.1. The molecule has 0 amide bonds. The highest BCUT2D eigenvalue weighted by atomic mass is 35.5. The molecule has 1 aliphatic heterocycles. The van der Waals surface area contributed by atoms with Crippen molar-refractivity contribution in [3.8, 4) is 0 Å². The maximum absolute atomic E-state index is 9.54. The van der Waals surface area contributed by atoms with Crippen LogP contribution >= 0.6 is 23.2 Å². The van der Waals surface area contributed by atoms with Crippen molar-refractivity contribution in [1.29, 1.82) is 0 Å². The van der Waals surface area contributed by atoms with E-state index < -0.39 is 5.60 Å². The van der Waals surface area contributed by atoms with Gasteiger partial charge in [-0.05, 0) is 6.92 Å². The molecule has 2 rings (SSSR count). The molecule has 1 aromatic rings. The molecule has 0 saturated carbocycles. The first kappa shape index (κ1) is 11.1. The predicted octanol–water partition coefficient (Wildman–Crippen LogP) is 1.35. The van der Waals surface area contributed by atoms with Gasteiger partial charge in [0.1, 0.15) is 16.1 Å². The molecule has 4 nitrogen and oxygen atoms in total. The summed E-state index contributed by atoms with van der Waals surface area (Å²) in [6.45, 7) is 3.62. The second-order valence-corrected chi connectivity index (χ2v) is 4.85. The van der Waals surface area contributed by atoms with Crippen molar-refractivity contribution in [3.05, 3.63) is 22.2 Å². The lowest BCUT2D eigenvalue weighted by Crippen LogP contribution is -2.59. The third kappa shape index (κ3) is 2.78. The molecule has 0 bridgehead atoms. The highest BCUT2D eigenvalue weighted by Crippen LogP contribution is 2.22. The Kier molecular flexibility index (Phi) is 2.85. The van der Waals surface area contributed by atoms with Crippen molar-refractivity contribution in [2.75, 3.05) is 13.1 Å². The second kappa shape index (κ2) is 3.87. The van der Waals surface area contributed by atoms with Gasteiger partial charge in [0, 0.05) is 19.2 Å². The minimum Gasteiger partial charge on any atom is -0.388 e. The van der Waals surface area contributed by atoms with Crippen LogP contribution in [-0.2, 0) is 6.54 Å². The number of aromatic nitrogens is 2. The first-order valence-electron chi connectivity index (χ1n) is 4.58. The van der Waals surface area contributed by atoms with Gasteiger partial charge in [-0.25, -0.2) is 9.97 Å². The van der Waals surface area contributed by atoms with Crippen molar-refractivity contribution < 1.29 is 5.11 Å². The zero-order valence-electron chi connectivity index (χ0n) is 8.24. The second-order valence-electron chi connectivity index (χ2n) is 4.07. The summed E-state index contributed by atoms with van der Waals surface area (Å²) < 4.78 is 0. The van der Waals surface area contributed by atoms with E-state index in [4.69, 9.17) is 23.2 Å². The van der Waals surface area contributed by atoms with Crippen molar-refractivity contribution in [2.45, 2.75) is 19.1 Å². The monoisotopic (exact) mass is 247 g/mol. The Morgan fingerprint density at radius 2 is 1.93 bits per heavy atom. The molecule has 2 heterocycles. The van der Waals surface area contributed by atoms with E-state index in [-0.39, 0.29) is 0 Å². The molecule has 1 saturated heterocycles. The Hall–Kier alpha value is -0.420. The minimum absolute atomic E-state index is 0.345. The molecule has 0 atom stereocenters. The van der Waals surface area contributed by atoms with Crippen LogP contribution in [0.25, 0.3) is 0 Å². The molecule has 0 aromatic carbocycles. The summed E-state index contributed by atoms with van der Waals surface area (Å²) in [5, 5.41) is 10.2. The zero-order chi connectivity index (χ0) is 11.1. The van der Waals surface area contributed by atoms with Crippen LogP contribution in [0.15, 0.2) is 6.07 Å². The quantitative estimate of drug-likeness (QED) is 0.802. The van der Waals surface area contributed by atoms with Gasteiger partial charge in [-0.2, -0.15) is 0 Å². The van der Waals surface area contributed by atoms with E-state index in [2.05, 4.69) is 9.97 Å². The number of likely N-dealkylation sites (tertiary alicyclic amines) is 1. The highest BCUT2D eigenvalue weighted by molar-refractivity contribution is 6.33. The van der Waals surface area contributed by atoms with E-state index in [1.54, 1.807) is 6.92 Å². The van der Waals surface area contributed by atoms with Gasteiger partial charge in [-0.1, -0.05) is 23.2 Å². The smallest absolute Gasteiger partial charge is 0.145 e. The normalized spacial score (nSPS) is 20.0. The number of rotatable bonds is 2. The van der Waals surface area contributed by atoms with E-state index in [1.165, 1.54) is 6.07 Å². The van der Waals surface area contributed by atoms with Gasteiger partial charge in [0.2, 0.25) is 0 Å². The molecular weight excluding hydrogens is 237 g/mol. The lowest BCUT2D eigenvalue weighted by Gasteiger charge is -2.43. The van der Waals surface area contributed by atoms with Gasteiger partial charge >= 0.3 is 0 Å². The lowest BCUT2D eigenvalue weighted by molar-refractivity contribution is -0.0880. The van der Waals surface area contributed by atoms with E-state index in [0.29, 0.717) is 35.8 Å². The van der Waals surface area contributed by atoms with Gasteiger partial charge in [0.05, 0.1) is 12.1 Å². The molecule has 0 radical (unpaired) electrons. The maximum atomic E-state index is 9.54. The largest absolute Gasteiger partial charge is 0.388 e. The van der Waals surface area contributed by atoms with Crippen LogP contribution in [0, 0.1) is 0 Å². The summed E-state index contributed by atoms with van der Waals surface area (Å²) in [7, 11) is 0. The first-order chi connectivity index (χ1) is 6.94. The Balaban J connectivity index is 2.00. The van der Waals surface area contributed by atoms with Gasteiger partial charge in [0.25, 0.3) is 0 Å². The average molecular weight is 248 g/mol. The summed E-state index contributed by atoms with van der Waals surface area (Å²) in [6, 6.07) is 1.50. The Labute approximate surface area is 97.9 Å². The van der Waals surface area contributed by atoms with Crippen molar-refractivity contribution in [2.24, 2.45) is 0 Å². The number of halogens is 2. The van der Waals surface area contributed by atoms with E-state index in [9.17, 15) is 5.11 Å². The molecule has 1 fully saturated rings. The van der Waals surface area contributed by atoms with E-state index in [0.717, 1.165) is 0 Å². The predicted molar refractivity (Wildman–Crippen MR) is 58.0 cm³/mol. The van der Waals surface area contributed by atoms with Crippen molar-refractivity contribution in [1.82, 2.24) is 14.9 Å². The molecule has 82 valence electrons. The molecular formula is C9H11Cl2N3O. The van der Waals surface area contributed by atoms with Crippen LogP contribution in [-0.4, -0.2) is 38.7 Å². The summed E-state index contributed by atoms with van der Waals surface area (Å²) in [6.07, 6.45) is 0. The summed E-state index contributed by atoms with van der Waals surface area (Å²) in [5.74, 6) is 0.586. The Morgan fingerprint density at radius 3 is 2.40 bits per heavy atom. The molecule has 15 heavy (non-hydrogen) atoms. The fourth-order valence-corrected chi connectivity index (χ4v) is 2.19. The van der Waals surface area contributed by atoms with Gasteiger partial charge in [0.15, 0.2) is 0 Å². The molecule has 1 aromatic heterocycles. The number of nitrogens with zero attached hydrogens (tertiary/aromatic N) is 3. The minimum atomic E-state index is -0.581. The highest BCUT2D eigenvalue weighted by Gasteiger charge is 2.36. The first-order valence-corrected chi connectivity index (χ1v) is 5.34. The average Bonchev–Trinajstić information content (AvgIpc) is 1.97. The van der Waals surface area contributed by atoms with Crippen LogP contribution in [0.2, 0.25) is 10.3 Å². The van der Waals surface area contributed by atoms with Crippen molar-refractivity contribution in [3.63, 3.8) is 0 Å².